The molecule has 23 heavy (non-hydrogen) atoms. The molecule has 0 atom stereocenters. The Morgan fingerprint density at radius 3 is 2.30 bits per heavy atom. The predicted octanol–water partition coefficient (Wildman–Crippen LogP) is 4.38. The third-order valence-electron chi connectivity index (χ3n) is 3.49. The van der Waals surface area contributed by atoms with E-state index in [4.69, 9.17) is 5.73 Å². The van der Waals surface area contributed by atoms with Crippen molar-refractivity contribution in [2.75, 3.05) is 11.1 Å². The Labute approximate surface area is 133 Å². The first kappa shape index (κ1) is 14.8. The van der Waals surface area contributed by atoms with Gasteiger partial charge in [-0.15, -0.1) is 0 Å². The summed E-state index contributed by atoms with van der Waals surface area (Å²) in [6.45, 7) is 0. The minimum Gasteiger partial charge on any atom is -0.397 e. The van der Waals surface area contributed by atoms with Gasteiger partial charge in [0.15, 0.2) is 5.78 Å². The summed E-state index contributed by atoms with van der Waals surface area (Å²) < 4.78 is 14.3. The molecule has 0 aliphatic rings. The lowest BCUT2D eigenvalue weighted by Gasteiger charge is -2.10. The van der Waals surface area contributed by atoms with E-state index in [9.17, 15) is 9.18 Å². The zero-order chi connectivity index (χ0) is 16.2. The van der Waals surface area contributed by atoms with Crippen molar-refractivity contribution in [3.8, 4) is 0 Å². The van der Waals surface area contributed by atoms with E-state index in [2.05, 4.69) is 5.32 Å². The second-order valence-corrected chi connectivity index (χ2v) is 5.10. The van der Waals surface area contributed by atoms with Gasteiger partial charge in [0.25, 0.3) is 0 Å². The molecule has 0 heterocycles. The number of hydrogen-bond donors (Lipinski definition) is 2. The second kappa shape index (κ2) is 6.32. The minimum atomic E-state index is -0.571. The molecule has 114 valence electrons. The number of ketones is 1. The van der Waals surface area contributed by atoms with Crippen molar-refractivity contribution < 1.29 is 9.18 Å². The maximum atomic E-state index is 14.3. The number of nitrogens with two attached hydrogens (primary N) is 1. The van der Waals surface area contributed by atoms with Crippen molar-refractivity contribution in [1.29, 1.82) is 0 Å². The van der Waals surface area contributed by atoms with Crippen molar-refractivity contribution >= 4 is 22.8 Å². The number of rotatable bonds is 4. The third-order valence-corrected chi connectivity index (χ3v) is 3.49. The summed E-state index contributed by atoms with van der Waals surface area (Å²) in [6, 6.07) is 20.3. The summed E-state index contributed by atoms with van der Waals surface area (Å²) in [7, 11) is 0. The van der Waals surface area contributed by atoms with Crippen molar-refractivity contribution in [3.63, 3.8) is 0 Å². The van der Waals surface area contributed by atoms with Gasteiger partial charge >= 0.3 is 0 Å². The van der Waals surface area contributed by atoms with Gasteiger partial charge in [-0.3, -0.25) is 4.79 Å². The van der Waals surface area contributed by atoms with Crippen molar-refractivity contribution in [2.45, 2.75) is 0 Å². The number of hydrogen-bond acceptors (Lipinski definition) is 3. The lowest BCUT2D eigenvalue weighted by molar-refractivity contribution is 0.103. The van der Waals surface area contributed by atoms with Crippen LogP contribution < -0.4 is 11.1 Å². The van der Waals surface area contributed by atoms with Crippen LogP contribution in [0.3, 0.4) is 0 Å². The van der Waals surface area contributed by atoms with Gasteiger partial charge in [0, 0.05) is 11.3 Å². The molecule has 0 spiro atoms. The lowest BCUT2D eigenvalue weighted by atomic mass is 10.0. The van der Waals surface area contributed by atoms with Gasteiger partial charge in [-0.1, -0.05) is 42.5 Å². The molecule has 3 rings (SSSR count). The summed E-state index contributed by atoms with van der Waals surface area (Å²) in [5.41, 5.74) is 8.14. The fraction of sp³-hybridized carbons (Fsp3) is 0. The van der Waals surface area contributed by atoms with Crippen LogP contribution in [0.5, 0.6) is 0 Å². The van der Waals surface area contributed by atoms with Crippen molar-refractivity contribution in [1.82, 2.24) is 0 Å². The molecule has 0 fully saturated rings. The molecule has 0 aromatic heterocycles. The van der Waals surface area contributed by atoms with Crippen LogP contribution in [0.1, 0.15) is 15.9 Å². The van der Waals surface area contributed by atoms with E-state index in [1.54, 1.807) is 42.5 Å². The van der Waals surface area contributed by atoms with Gasteiger partial charge in [-0.2, -0.15) is 0 Å². The fourth-order valence-corrected chi connectivity index (χ4v) is 2.29. The van der Waals surface area contributed by atoms with Crippen LogP contribution in [0.4, 0.5) is 21.5 Å². The molecule has 0 saturated carbocycles. The number of para-hydroxylation sites is 2. The number of anilines is 3. The molecule has 0 unspecified atom stereocenters. The first-order chi connectivity index (χ1) is 11.1. The Morgan fingerprint density at radius 2 is 1.61 bits per heavy atom. The zero-order valence-corrected chi connectivity index (χ0v) is 12.3. The van der Waals surface area contributed by atoms with E-state index >= 15 is 0 Å². The van der Waals surface area contributed by atoms with Gasteiger partial charge in [0.05, 0.1) is 16.9 Å². The van der Waals surface area contributed by atoms with Gasteiger partial charge in [-0.05, 0) is 30.3 Å². The molecule has 0 aliphatic heterocycles. The highest BCUT2D eigenvalue weighted by atomic mass is 19.1. The average molecular weight is 306 g/mol. The fourth-order valence-electron chi connectivity index (χ4n) is 2.29. The third kappa shape index (κ3) is 3.21. The molecule has 0 aliphatic carbocycles. The molecule has 4 heteroatoms. The first-order valence-electron chi connectivity index (χ1n) is 7.16. The normalized spacial score (nSPS) is 10.3. The van der Waals surface area contributed by atoms with Crippen LogP contribution in [0.25, 0.3) is 0 Å². The van der Waals surface area contributed by atoms with E-state index in [0.29, 0.717) is 22.6 Å². The van der Waals surface area contributed by atoms with Crippen LogP contribution in [0.2, 0.25) is 0 Å². The van der Waals surface area contributed by atoms with E-state index in [1.807, 2.05) is 18.2 Å². The van der Waals surface area contributed by atoms with E-state index in [-0.39, 0.29) is 11.3 Å². The molecular formula is C19H15FN2O. The van der Waals surface area contributed by atoms with Gasteiger partial charge in [-0.25, -0.2) is 4.39 Å². The Bertz CT molecular complexity index is 847. The van der Waals surface area contributed by atoms with Crippen LogP contribution >= 0.6 is 0 Å². The van der Waals surface area contributed by atoms with E-state index < -0.39 is 5.82 Å². The Hall–Kier alpha value is -3.14. The van der Waals surface area contributed by atoms with Crippen LogP contribution in [-0.4, -0.2) is 5.78 Å². The molecule has 0 amide bonds. The number of nitrogen functional groups attached to an aromatic ring is 1. The molecule has 3 aromatic rings. The van der Waals surface area contributed by atoms with E-state index in [0.717, 1.165) is 0 Å². The van der Waals surface area contributed by atoms with Crippen LogP contribution in [-0.2, 0) is 0 Å². The summed E-state index contributed by atoms with van der Waals surface area (Å²) in [4.78, 5) is 12.3. The molecule has 0 saturated heterocycles. The van der Waals surface area contributed by atoms with Gasteiger partial charge < -0.3 is 11.1 Å². The average Bonchev–Trinajstić information content (AvgIpc) is 2.57. The largest absolute Gasteiger partial charge is 0.397 e. The molecular weight excluding hydrogens is 291 g/mol. The molecule has 3 N–H and O–H groups in total. The van der Waals surface area contributed by atoms with Crippen LogP contribution in [0, 0.1) is 5.82 Å². The summed E-state index contributed by atoms with van der Waals surface area (Å²) in [5, 5.41) is 3.04. The Balaban J connectivity index is 1.87. The Morgan fingerprint density at radius 1 is 0.913 bits per heavy atom. The number of benzene rings is 3. The lowest BCUT2D eigenvalue weighted by Crippen LogP contribution is -2.05. The highest BCUT2D eigenvalue weighted by molar-refractivity contribution is 6.09. The summed E-state index contributed by atoms with van der Waals surface area (Å²) in [5.74, 6) is -0.910. The number of halogens is 1. The Kier molecular flexibility index (Phi) is 4.06. The summed E-state index contributed by atoms with van der Waals surface area (Å²) in [6.07, 6.45) is 0. The quantitative estimate of drug-likeness (QED) is 0.555. The molecule has 3 aromatic carbocycles. The SMILES string of the molecule is Nc1ccccc1Nc1ccc(C(=O)c2ccccc2)c(F)c1. The number of carbonyl (C=O) groups is 1. The number of carbonyl (C=O) groups excluding carboxylic acids is 1. The highest BCUT2D eigenvalue weighted by Gasteiger charge is 2.14. The zero-order valence-electron chi connectivity index (χ0n) is 12.3. The smallest absolute Gasteiger partial charge is 0.195 e. The maximum Gasteiger partial charge on any atom is 0.195 e. The van der Waals surface area contributed by atoms with Crippen molar-refractivity contribution in [3.05, 3.63) is 89.7 Å². The number of nitrogens with one attached hydrogen (secondary N) is 1. The molecule has 0 radical (unpaired) electrons. The van der Waals surface area contributed by atoms with Gasteiger partial charge in [0.2, 0.25) is 0 Å². The topological polar surface area (TPSA) is 55.1 Å². The minimum absolute atomic E-state index is 0.0442. The molecule has 0 bridgehead atoms. The maximum absolute atomic E-state index is 14.3. The van der Waals surface area contributed by atoms with Crippen molar-refractivity contribution in [2.24, 2.45) is 0 Å². The highest BCUT2D eigenvalue weighted by Crippen LogP contribution is 2.24. The standard InChI is InChI=1S/C19H15FN2O/c20-16-12-14(22-18-9-5-4-8-17(18)21)10-11-15(16)19(23)13-6-2-1-3-7-13/h1-12,22H,21H2. The van der Waals surface area contributed by atoms with E-state index in [1.165, 1.54) is 12.1 Å². The molecule has 3 nitrogen and oxygen atoms in total. The van der Waals surface area contributed by atoms with Crippen LogP contribution in [0.15, 0.2) is 72.8 Å². The summed E-state index contributed by atoms with van der Waals surface area (Å²) >= 11 is 0. The first-order valence-corrected chi connectivity index (χ1v) is 7.16. The predicted molar refractivity (Wildman–Crippen MR) is 90.4 cm³/mol. The second-order valence-electron chi connectivity index (χ2n) is 5.10. The monoisotopic (exact) mass is 306 g/mol. The van der Waals surface area contributed by atoms with Gasteiger partial charge in [0.1, 0.15) is 5.82 Å².